The van der Waals surface area contributed by atoms with Crippen LogP contribution in [0.25, 0.3) is 0 Å². The van der Waals surface area contributed by atoms with Gasteiger partial charge in [-0.3, -0.25) is 9.59 Å². The summed E-state index contributed by atoms with van der Waals surface area (Å²) in [4.78, 5) is 35.3. The predicted molar refractivity (Wildman–Crippen MR) is 86.4 cm³/mol. The predicted octanol–water partition coefficient (Wildman–Crippen LogP) is 3.21. The standard InChI is InChI=1S/C18H16FNO4/c1-11(21)13-5-4-8-16(10-13)20-17(22)12(2)24-18(23)14-6-3-7-15(19)9-14/h3-10,12H,1-2H3,(H,20,22)/t12-/m1/s1. The molecule has 0 saturated heterocycles. The van der Waals surface area contributed by atoms with E-state index in [1.165, 1.54) is 38.1 Å². The van der Waals surface area contributed by atoms with Crippen molar-refractivity contribution in [3.63, 3.8) is 0 Å². The van der Waals surface area contributed by atoms with Gasteiger partial charge in [0.1, 0.15) is 5.82 Å². The van der Waals surface area contributed by atoms with Crippen LogP contribution in [0.2, 0.25) is 0 Å². The first-order valence-electron chi connectivity index (χ1n) is 7.25. The van der Waals surface area contributed by atoms with E-state index < -0.39 is 23.8 Å². The van der Waals surface area contributed by atoms with Crippen LogP contribution in [0.15, 0.2) is 48.5 Å². The van der Waals surface area contributed by atoms with Crippen molar-refractivity contribution in [3.8, 4) is 0 Å². The third kappa shape index (κ3) is 4.49. The van der Waals surface area contributed by atoms with Crippen LogP contribution in [0.3, 0.4) is 0 Å². The second-order valence-electron chi connectivity index (χ2n) is 5.18. The molecule has 0 aromatic heterocycles. The lowest BCUT2D eigenvalue weighted by Crippen LogP contribution is -2.30. The number of nitrogens with one attached hydrogen (secondary N) is 1. The van der Waals surface area contributed by atoms with Crippen molar-refractivity contribution in [2.75, 3.05) is 5.32 Å². The molecule has 1 amide bonds. The lowest BCUT2D eigenvalue weighted by Gasteiger charge is -2.14. The van der Waals surface area contributed by atoms with Crippen LogP contribution in [-0.2, 0) is 9.53 Å². The molecule has 5 nitrogen and oxygen atoms in total. The number of esters is 1. The zero-order valence-corrected chi connectivity index (χ0v) is 13.2. The van der Waals surface area contributed by atoms with Crippen LogP contribution in [0.5, 0.6) is 0 Å². The number of rotatable bonds is 5. The van der Waals surface area contributed by atoms with Gasteiger partial charge in [0, 0.05) is 11.3 Å². The Morgan fingerprint density at radius 3 is 2.38 bits per heavy atom. The molecule has 0 unspecified atom stereocenters. The monoisotopic (exact) mass is 329 g/mol. The number of ether oxygens (including phenoxy) is 1. The van der Waals surface area contributed by atoms with E-state index in [1.807, 2.05) is 0 Å². The highest BCUT2D eigenvalue weighted by atomic mass is 19.1. The molecule has 0 aliphatic carbocycles. The Morgan fingerprint density at radius 1 is 1.04 bits per heavy atom. The fourth-order valence-corrected chi connectivity index (χ4v) is 1.96. The number of benzene rings is 2. The van der Waals surface area contributed by atoms with Crippen molar-refractivity contribution in [1.29, 1.82) is 0 Å². The molecule has 6 heteroatoms. The average Bonchev–Trinajstić information content (AvgIpc) is 2.54. The van der Waals surface area contributed by atoms with Gasteiger partial charge in [-0.2, -0.15) is 0 Å². The summed E-state index contributed by atoms with van der Waals surface area (Å²) in [5.41, 5.74) is 0.895. The summed E-state index contributed by atoms with van der Waals surface area (Å²) in [5, 5.41) is 2.56. The third-order valence-corrected chi connectivity index (χ3v) is 3.25. The van der Waals surface area contributed by atoms with E-state index in [1.54, 1.807) is 18.2 Å². The molecule has 0 aliphatic rings. The fraction of sp³-hybridized carbons (Fsp3) is 0.167. The van der Waals surface area contributed by atoms with Gasteiger partial charge in [0.25, 0.3) is 5.91 Å². The zero-order valence-electron chi connectivity index (χ0n) is 13.2. The third-order valence-electron chi connectivity index (χ3n) is 3.25. The normalized spacial score (nSPS) is 11.5. The van der Waals surface area contributed by atoms with Crippen molar-refractivity contribution in [2.45, 2.75) is 20.0 Å². The fourth-order valence-electron chi connectivity index (χ4n) is 1.96. The molecule has 0 spiro atoms. The highest BCUT2D eigenvalue weighted by Crippen LogP contribution is 2.13. The molecular formula is C18H16FNO4. The minimum absolute atomic E-state index is 0.0215. The van der Waals surface area contributed by atoms with Crippen LogP contribution >= 0.6 is 0 Å². The molecule has 0 heterocycles. The van der Waals surface area contributed by atoms with E-state index in [0.717, 1.165) is 6.07 Å². The largest absolute Gasteiger partial charge is 0.449 e. The molecule has 1 N–H and O–H groups in total. The van der Waals surface area contributed by atoms with E-state index in [0.29, 0.717) is 11.3 Å². The van der Waals surface area contributed by atoms with Gasteiger partial charge in [-0.15, -0.1) is 0 Å². The van der Waals surface area contributed by atoms with Crippen LogP contribution < -0.4 is 5.32 Å². The topological polar surface area (TPSA) is 72.5 Å². The maximum absolute atomic E-state index is 13.1. The summed E-state index contributed by atoms with van der Waals surface area (Å²) >= 11 is 0. The van der Waals surface area contributed by atoms with Crippen LogP contribution in [0.4, 0.5) is 10.1 Å². The molecule has 2 aromatic rings. The number of Topliss-reactive ketones (excluding diaryl/α,β-unsaturated/α-hetero) is 1. The van der Waals surface area contributed by atoms with Gasteiger partial charge in [-0.25, -0.2) is 9.18 Å². The van der Waals surface area contributed by atoms with Gasteiger partial charge in [-0.1, -0.05) is 18.2 Å². The molecule has 0 radical (unpaired) electrons. The smallest absolute Gasteiger partial charge is 0.339 e. The second-order valence-corrected chi connectivity index (χ2v) is 5.18. The quantitative estimate of drug-likeness (QED) is 0.675. The number of halogens is 1. The Kier molecular flexibility index (Phi) is 5.42. The van der Waals surface area contributed by atoms with E-state index >= 15 is 0 Å². The molecule has 124 valence electrons. The average molecular weight is 329 g/mol. The van der Waals surface area contributed by atoms with E-state index in [-0.39, 0.29) is 11.3 Å². The molecule has 1 atom stereocenters. The molecule has 0 aliphatic heterocycles. The summed E-state index contributed by atoms with van der Waals surface area (Å²) in [6.45, 7) is 2.83. The Balaban J connectivity index is 2.01. The van der Waals surface area contributed by atoms with Gasteiger partial charge in [-0.05, 0) is 44.2 Å². The zero-order chi connectivity index (χ0) is 17.7. The maximum Gasteiger partial charge on any atom is 0.339 e. The van der Waals surface area contributed by atoms with Gasteiger partial charge >= 0.3 is 5.97 Å². The van der Waals surface area contributed by atoms with E-state index in [2.05, 4.69) is 5.32 Å². The number of carbonyl (C=O) groups is 3. The van der Waals surface area contributed by atoms with Crippen molar-refractivity contribution < 1.29 is 23.5 Å². The molecule has 2 rings (SSSR count). The number of amides is 1. The Bertz CT molecular complexity index is 788. The summed E-state index contributed by atoms with van der Waals surface area (Å²) in [7, 11) is 0. The number of hydrogen-bond acceptors (Lipinski definition) is 4. The Hall–Kier alpha value is -3.02. The first-order chi connectivity index (χ1) is 11.4. The van der Waals surface area contributed by atoms with E-state index in [9.17, 15) is 18.8 Å². The van der Waals surface area contributed by atoms with Crippen molar-refractivity contribution in [2.24, 2.45) is 0 Å². The van der Waals surface area contributed by atoms with Crippen molar-refractivity contribution >= 4 is 23.3 Å². The van der Waals surface area contributed by atoms with Gasteiger partial charge < -0.3 is 10.1 Å². The van der Waals surface area contributed by atoms with Crippen LogP contribution in [0, 0.1) is 5.82 Å². The second kappa shape index (κ2) is 7.50. The highest BCUT2D eigenvalue weighted by Gasteiger charge is 2.19. The highest BCUT2D eigenvalue weighted by molar-refractivity contribution is 5.99. The number of hydrogen-bond donors (Lipinski definition) is 1. The molecule has 0 bridgehead atoms. The molecule has 24 heavy (non-hydrogen) atoms. The Labute approximate surface area is 138 Å². The summed E-state index contributed by atoms with van der Waals surface area (Å²) in [6.07, 6.45) is -1.08. The van der Waals surface area contributed by atoms with Gasteiger partial charge in [0.15, 0.2) is 11.9 Å². The molecule has 2 aromatic carbocycles. The van der Waals surface area contributed by atoms with Crippen molar-refractivity contribution in [3.05, 3.63) is 65.5 Å². The van der Waals surface area contributed by atoms with Gasteiger partial charge in [0.05, 0.1) is 5.56 Å². The first kappa shape index (κ1) is 17.3. The lowest BCUT2D eigenvalue weighted by atomic mass is 10.1. The summed E-state index contributed by atoms with van der Waals surface area (Å²) in [5.74, 6) is -2.05. The number of ketones is 1. The number of anilines is 1. The van der Waals surface area contributed by atoms with Gasteiger partial charge in [0.2, 0.25) is 0 Å². The Morgan fingerprint density at radius 2 is 1.71 bits per heavy atom. The molecule has 0 fully saturated rings. The minimum Gasteiger partial charge on any atom is -0.449 e. The SMILES string of the molecule is CC(=O)c1cccc(NC(=O)[C@@H](C)OC(=O)c2cccc(F)c2)c1. The molecule has 0 saturated carbocycles. The summed E-state index contributed by atoms with van der Waals surface area (Å²) in [6, 6.07) is 11.4. The summed E-state index contributed by atoms with van der Waals surface area (Å²) < 4.78 is 18.1. The molecular weight excluding hydrogens is 313 g/mol. The van der Waals surface area contributed by atoms with Crippen LogP contribution in [0.1, 0.15) is 34.6 Å². The van der Waals surface area contributed by atoms with E-state index in [4.69, 9.17) is 4.74 Å². The minimum atomic E-state index is -1.08. The number of carbonyl (C=O) groups excluding carboxylic acids is 3. The van der Waals surface area contributed by atoms with Crippen molar-refractivity contribution in [1.82, 2.24) is 0 Å². The first-order valence-corrected chi connectivity index (χ1v) is 7.25. The maximum atomic E-state index is 13.1. The lowest BCUT2D eigenvalue weighted by molar-refractivity contribution is -0.123. The van der Waals surface area contributed by atoms with Crippen LogP contribution in [-0.4, -0.2) is 23.8 Å².